The number of fused-ring (bicyclic) bond motifs is 5. The van der Waals surface area contributed by atoms with Crippen molar-refractivity contribution in [1.82, 2.24) is 44.9 Å². The molecule has 4 amide bonds. The quantitative estimate of drug-likeness (QED) is 0.112. The summed E-state index contributed by atoms with van der Waals surface area (Å²) >= 11 is 0. The standard InChI is InChI=1S/C44H51F2N9O7/c1-22(2)36(51-42(58)60-6)40(56)53-14-8-9-32(53)38-47-20-30(49-38)26-10-12-28-33-16-27-15-25(11-13-31(27)55(33)24(5)62-35(28)17-26)29-19-48-39(50-29)34-18-44(45,46)21-54(34)41(57)37(23(3)4)52-43(59)61-7/h10-13,15-17,19-20,22-24,32,34,36-37H,8-9,14,18,21H2,1-7H3,(H,47,49)(H,48,50)(H,51,58)(H,52,59). The van der Waals surface area contributed by atoms with Gasteiger partial charge < -0.3 is 49.2 Å². The second-order valence-electron chi connectivity index (χ2n) is 16.9. The number of carbonyl (C=O) groups is 4. The van der Waals surface area contributed by atoms with Crippen LogP contribution in [0.25, 0.3) is 44.7 Å². The van der Waals surface area contributed by atoms with E-state index in [4.69, 9.17) is 14.5 Å². The smallest absolute Gasteiger partial charge is 0.407 e. The van der Waals surface area contributed by atoms with Crippen LogP contribution in [0.5, 0.6) is 5.75 Å². The molecular weight excluding hydrogens is 805 g/mol. The number of benzene rings is 2. The molecular formula is C44H51F2N9O7. The Hall–Kier alpha value is -6.46. The SMILES string of the molecule is COC(=O)NC(C(=O)N1CCCC1c1ncc(-c2ccc3c(c2)OC(C)n2c-3cc3cc(-c4cnc(C5CC(F)(F)CN5C(=O)C(NC(=O)OC)C(C)C)[nH]4)ccc32)[nH]1)C(C)C. The number of aromatic amines is 2. The van der Waals surface area contributed by atoms with E-state index in [0.717, 1.165) is 56.7 Å². The minimum atomic E-state index is -3.15. The maximum absolute atomic E-state index is 14.9. The van der Waals surface area contributed by atoms with E-state index in [0.29, 0.717) is 23.8 Å². The van der Waals surface area contributed by atoms with Crippen LogP contribution in [0.15, 0.2) is 54.9 Å². The molecule has 0 radical (unpaired) electrons. The van der Waals surface area contributed by atoms with E-state index in [1.807, 2.05) is 57.2 Å². The van der Waals surface area contributed by atoms with Gasteiger partial charge >= 0.3 is 12.2 Å². The van der Waals surface area contributed by atoms with Crippen molar-refractivity contribution in [1.29, 1.82) is 0 Å². The maximum Gasteiger partial charge on any atom is 0.407 e. The molecule has 18 heteroatoms. The molecule has 16 nitrogen and oxygen atoms in total. The lowest BCUT2D eigenvalue weighted by Gasteiger charge is -2.30. The molecule has 3 aromatic heterocycles. The molecule has 2 fully saturated rings. The summed E-state index contributed by atoms with van der Waals surface area (Å²) in [5.74, 6) is -2.91. The summed E-state index contributed by atoms with van der Waals surface area (Å²) in [6.45, 7) is 8.93. The summed E-state index contributed by atoms with van der Waals surface area (Å²) in [5, 5.41) is 6.10. The highest BCUT2D eigenvalue weighted by Crippen LogP contribution is 2.45. The monoisotopic (exact) mass is 855 g/mol. The fourth-order valence-corrected chi connectivity index (χ4v) is 8.91. The molecule has 0 saturated carbocycles. The molecule has 62 heavy (non-hydrogen) atoms. The second kappa shape index (κ2) is 16.4. The van der Waals surface area contributed by atoms with Gasteiger partial charge in [-0.05, 0) is 61.9 Å². The van der Waals surface area contributed by atoms with E-state index in [9.17, 15) is 28.0 Å². The Morgan fingerprint density at radius 2 is 1.40 bits per heavy atom. The van der Waals surface area contributed by atoms with Gasteiger partial charge in [-0.2, -0.15) is 0 Å². The number of H-pyrrole nitrogens is 2. The van der Waals surface area contributed by atoms with Crippen LogP contribution in [0.3, 0.4) is 0 Å². The van der Waals surface area contributed by atoms with Gasteiger partial charge in [0.15, 0.2) is 6.23 Å². The molecule has 4 N–H and O–H groups in total. The third-order valence-corrected chi connectivity index (χ3v) is 12.1. The first-order valence-corrected chi connectivity index (χ1v) is 20.8. The molecule has 5 atom stereocenters. The molecule has 3 aliphatic rings. The molecule has 0 bridgehead atoms. The lowest BCUT2D eigenvalue weighted by Crippen LogP contribution is -2.51. The molecule has 0 aliphatic carbocycles. The zero-order chi connectivity index (χ0) is 44.2. The third kappa shape index (κ3) is 7.81. The predicted molar refractivity (Wildman–Crippen MR) is 224 cm³/mol. The first-order valence-electron chi connectivity index (χ1n) is 20.8. The molecule has 328 valence electrons. The molecule has 2 saturated heterocycles. The number of methoxy groups -OCH3 is 2. The zero-order valence-corrected chi connectivity index (χ0v) is 35.6. The van der Waals surface area contributed by atoms with Crippen LogP contribution in [0.4, 0.5) is 18.4 Å². The van der Waals surface area contributed by atoms with Crippen molar-refractivity contribution >= 4 is 34.9 Å². The highest BCUT2D eigenvalue weighted by molar-refractivity contribution is 5.92. The van der Waals surface area contributed by atoms with Crippen molar-refractivity contribution < 1.29 is 42.2 Å². The van der Waals surface area contributed by atoms with Crippen LogP contribution in [-0.2, 0) is 19.1 Å². The van der Waals surface area contributed by atoms with E-state index in [-0.39, 0.29) is 35.8 Å². The Bertz CT molecular complexity index is 2530. The van der Waals surface area contributed by atoms with Crippen molar-refractivity contribution in [3.05, 3.63) is 66.5 Å². The number of hydrogen-bond donors (Lipinski definition) is 4. The van der Waals surface area contributed by atoms with Gasteiger partial charge in [-0.3, -0.25) is 9.59 Å². The van der Waals surface area contributed by atoms with Crippen molar-refractivity contribution in [2.24, 2.45) is 11.8 Å². The molecule has 5 aromatic rings. The fraction of sp³-hybridized carbons (Fsp3) is 0.455. The zero-order valence-electron chi connectivity index (χ0n) is 35.6. The van der Waals surface area contributed by atoms with Gasteiger partial charge in [0, 0.05) is 35.0 Å². The number of alkyl halides is 2. The molecule has 0 spiro atoms. The molecule has 6 heterocycles. The number of nitrogens with one attached hydrogen (secondary N) is 4. The number of carbonyl (C=O) groups excluding carboxylic acids is 4. The molecule has 3 aliphatic heterocycles. The summed E-state index contributed by atoms with van der Waals surface area (Å²) < 4.78 is 47.9. The maximum atomic E-state index is 14.9. The van der Waals surface area contributed by atoms with Gasteiger partial charge in [-0.1, -0.05) is 39.8 Å². The Balaban J connectivity index is 1.03. The van der Waals surface area contributed by atoms with Crippen molar-refractivity contribution in [3.63, 3.8) is 0 Å². The summed E-state index contributed by atoms with van der Waals surface area (Å²) in [4.78, 5) is 70.0. The summed E-state index contributed by atoms with van der Waals surface area (Å²) in [6.07, 6.45) is 2.43. The average Bonchev–Trinajstić information content (AvgIpc) is 4.09. The van der Waals surface area contributed by atoms with E-state index in [1.54, 1.807) is 31.1 Å². The number of alkyl carbamates (subject to hydrolysis) is 2. The second-order valence-corrected chi connectivity index (χ2v) is 16.9. The van der Waals surface area contributed by atoms with Gasteiger partial charge in [-0.25, -0.2) is 28.3 Å². The lowest BCUT2D eigenvalue weighted by atomic mass is 10.0. The number of imidazole rings is 2. The average molecular weight is 856 g/mol. The van der Waals surface area contributed by atoms with E-state index in [1.165, 1.54) is 14.2 Å². The topological polar surface area (TPSA) is 189 Å². The summed E-state index contributed by atoms with van der Waals surface area (Å²) in [6, 6.07) is 10.9. The number of aromatic nitrogens is 5. The first-order chi connectivity index (χ1) is 29.6. The highest BCUT2D eigenvalue weighted by atomic mass is 19.3. The van der Waals surface area contributed by atoms with Gasteiger partial charge in [-0.15, -0.1) is 0 Å². The van der Waals surface area contributed by atoms with E-state index < -0.39 is 55.1 Å². The van der Waals surface area contributed by atoms with E-state index >= 15 is 0 Å². The van der Waals surface area contributed by atoms with Crippen LogP contribution in [0.1, 0.15) is 83.8 Å². The number of rotatable bonds is 10. The minimum absolute atomic E-state index is 0.143. The Morgan fingerprint density at radius 1 is 0.823 bits per heavy atom. The predicted octanol–water partition coefficient (Wildman–Crippen LogP) is 7.33. The molecule has 8 rings (SSSR count). The lowest BCUT2D eigenvalue weighted by molar-refractivity contribution is -0.137. The number of nitrogens with zero attached hydrogens (tertiary/aromatic N) is 5. The number of likely N-dealkylation sites (tertiary alicyclic amines) is 2. The molecule has 5 unspecified atom stereocenters. The van der Waals surface area contributed by atoms with Crippen molar-refractivity contribution in [2.75, 3.05) is 27.3 Å². The Labute approximate surface area is 356 Å². The van der Waals surface area contributed by atoms with Crippen LogP contribution in [-0.4, -0.2) is 104 Å². The highest BCUT2D eigenvalue weighted by Gasteiger charge is 2.50. The van der Waals surface area contributed by atoms with Gasteiger partial charge in [0.05, 0.1) is 67.8 Å². The van der Waals surface area contributed by atoms with Crippen LogP contribution < -0.4 is 15.4 Å². The largest absolute Gasteiger partial charge is 0.470 e. The fourth-order valence-electron chi connectivity index (χ4n) is 8.91. The summed E-state index contributed by atoms with van der Waals surface area (Å²) in [7, 11) is 2.45. The Kier molecular flexibility index (Phi) is 11.2. The van der Waals surface area contributed by atoms with Gasteiger partial charge in [0.1, 0.15) is 29.5 Å². The molecule has 2 aromatic carbocycles. The number of hydrogen-bond acceptors (Lipinski definition) is 9. The number of amides is 4. The first kappa shape index (κ1) is 42.2. The van der Waals surface area contributed by atoms with Crippen LogP contribution in [0, 0.1) is 11.8 Å². The van der Waals surface area contributed by atoms with Crippen LogP contribution >= 0.6 is 0 Å². The summed E-state index contributed by atoms with van der Waals surface area (Å²) in [5.41, 5.74) is 5.79. The normalized spacial score (nSPS) is 20.1. The van der Waals surface area contributed by atoms with Gasteiger partial charge in [0.2, 0.25) is 11.8 Å². The number of ether oxygens (including phenoxy) is 3. The Morgan fingerprint density at radius 3 is 2.02 bits per heavy atom. The van der Waals surface area contributed by atoms with Crippen LogP contribution in [0.2, 0.25) is 0 Å². The van der Waals surface area contributed by atoms with Crippen molar-refractivity contribution in [2.45, 2.75) is 90.2 Å². The van der Waals surface area contributed by atoms with Crippen molar-refractivity contribution in [3.8, 4) is 39.5 Å². The minimum Gasteiger partial charge on any atom is -0.470 e. The van der Waals surface area contributed by atoms with Gasteiger partial charge in [0.25, 0.3) is 5.92 Å². The third-order valence-electron chi connectivity index (χ3n) is 12.1. The van der Waals surface area contributed by atoms with E-state index in [2.05, 4.69) is 41.0 Å². The number of halogens is 2.